The molecule has 1 aromatic carbocycles. The highest BCUT2D eigenvalue weighted by molar-refractivity contribution is 7.99. The van der Waals surface area contributed by atoms with E-state index in [1.807, 2.05) is 24.3 Å². The van der Waals surface area contributed by atoms with Crippen LogP contribution < -0.4 is 0 Å². The summed E-state index contributed by atoms with van der Waals surface area (Å²) in [4.78, 5) is 0. The normalized spacial score (nSPS) is 18.9. The lowest BCUT2D eigenvalue weighted by Crippen LogP contribution is -2.01. The van der Waals surface area contributed by atoms with E-state index in [-0.39, 0.29) is 0 Å². The van der Waals surface area contributed by atoms with Crippen LogP contribution in [0.2, 0.25) is 5.02 Å². The lowest BCUT2D eigenvalue weighted by Gasteiger charge is -2.02. The van der Waals surface area contributed by atoms with Crippen molar-refractivity contribution in [2.45, 2.75) is 11.6 Å². The van der Waals surface area contributed by atoms with Gasteiger partial charge in [-0.2, -0.15) is 0 Å². The van der Waals surface area contributed by atoms with Crippen molar-refractivity contribution in [3.05, 3.63) is 29.3 Å². The van der Waals surface area contributed by atoms with E-state index < -0.39 is 0 Å². The van der Waals surface area contributed by atoms with Crippen LogP contribution in [0.1, 0.15) is 6.42 Å². The Labute approximate surface area is 120 Å². The number of hydrogen-bond acceptors (Lipinski definition) is 5. The molecule has 0 spiro atoms. The molecule has 1 unspecified atom stereocenters. The first kappa shape index (κ1) is 13.0. The maximum atomic E-state index is 6.10. The fourth-order valence-corrected chi connectivity index (χ4v) is 3.01. The number of ether oxygens (including phenoxy) is 1. The highest BCUT2D eigenvalue weighted by Gasteiger charge is 2.18. The molecule has 2 aromatic rings. The maximum Gasteiger partial charge on any atom is 0.276 e. The van der Waals surface area contributed by atoms with Crippen LogP contribution in [0.5, 0.6) is 0 Å². The molecule has 6 heteroatoms. The smallest absolute Gasteiger partial charge is 0.276 e. The van der Waals surface area contributed by atoms with Gasteiger partial charge in [0.1, 0.15) is 0 Å². The Morgan fingerprint density at radius 1 is 1.32 bits per heavy atom. The van der Waals surface area contributed by atoms with Gasteiger partial charge in [0.15, 0.2) is 0 Å². The molecule has 1 atom stereocenters. The standard InChI is InChI=1S/C13H13ClN2O2S/c14-11-4-2-1-3-10(11)12-15-16-13(18-12)19-8-9-5-6-17-7-9/h1-4,9H,5-8H2. The second-order valence-electron chi connectivity index (χ2n) is 4.39. The zero-order chi connectivity index (χ0) is 13.1. The van der Waals surface area contributed by atoms with Gasteiger partial charge in [0.2, 0.25) is 5.89 Å². The Hall–Kier alpha value is -1.04. The highest BCUT2D eigenvalue weighted by atomic mass is 35.5. The molecule has 0 radical (unpaired) electrons. The molecule has 0 aliphatic carbocycles. The van der Waals surface area contributed by atoms with Crippen molar-refractivity contribution in [2.24, 2.45) is 5.92 Å². The molecule has 1 aromatic heterocycles. The second kappa shape index (κ2) is 5.94. The maximum absolute atomic E-state index is 6.10. The van der Waals surface area contributed by atoms with Gasteiger partial charge in [0, 0.05) is 12.4 Å². The molecule has 2 heterocycles. The van der Waals surface area contributed by atoms with Crippen molar-refractivity contribution in [2.75, 3.05) is 19.0 Å². The number of hydrogen-bond donors (Lipinski definition) is 0. The van der Waals surface area contributed by atoms with E-state index in [1.165, 1.54) is 0 Å². The van der Waals surface area contributed by atoms with Crippen LogP contribution in [0.3, 0.4) is 0 Å². The summed E-state index contributed by atoms with van der Waals surface area (Å²) in [5.41, 5.74) is 0.771. The van der Waals surface area contributed by atoms with Crippen molar-refractivity contribution in [3.8, 4) is 11.5 Å². The molecule has 0 N–H and O–H groups in total. The molecule has 19 heavy (non-hydrogen) atoms. The first-order valence-electron chi connectivity index (χ1n) is 6.12. The minimum Gasteiger partial charge on any atom is -0.411 e. The van der Waals surface area contributed by atoms with Gasteiger partial charge in [-0.1, -0.05) is 35.5 Å². The summed E-state index contributed by atoms with van der Waals surface area (Å²) in [6.45, 7) is 1.69. The predicted molar refractivity (Wildman–Crippen MR) is 74.4 cm³/mol. The topological polar surface area (TPSA) is 48.2 Å². The van der Waals surface area contributed by atoms with Gasteiger partial charge in [-0.25, -0.2) is 0 Å². The van der Waals surface area contributed by atoms with Crippen LogP contribution >= 0.6 is 23.4 Å². The monoisotopic (exact) mass is 296 g/mol. The lowest BCUT2D eigenvalue weighted by atomic mass is 10.2. The minimum absolute atomic E-state index is 0.468. The van der Waals surface area contributed by atoms with Gasteiger partial charge in [0.25, 0.3) is 5.22 Å². The summed E-state index contributed by atoms with van der Waals surface area (Å²) < 4.78 is 11.0. The molecule has 0 bridgehead atoms. The van der Waals surface area contributed by atoms with Gasteiger partial charge in [-0.05, 0) is 24.5 Å². The van der Waals surface area contributed by atoms with Crippen molar-refractivity contribution in [1.82, 2.24) is 10.2 Å². The van der Waals surface area contributed by atoms with E-state index in [9.17, 15) is 0 Å². The van der Waals surface area contributed by atoms with E-state index in [0.29, 0.717) is 22.1 Å². The Morgan fingerprint density at radius 3 is 3.00 bits per heavy atom. The summed E-state index contributed by atoms with van der Waals surface area (Å²) in [5.74, 6) is 2.00. The third-order valence-corrected chi connectivity index (χ3v) is 4.36. The fraction of sp³-hybridized carbons (Fsp3) is 0.385. The third kappa shape index (κ3) is 3.11. The molecule has 1 aliphatic heterocycles. The van der Waals surface area contributed by atoms with Crippen LogP contribution in [0, 0.1) is 5.92 Å². The number of halogens is 1. The van der Waals surface area contributed by atoms with Gasteiger partial charge >= 0.3 is 0 Å². The molecule has 1 saturated heterocycles. The largest absolute Gasteiger partial charge is 0.411 e. The molecule has 1 fully saturated rings. The van der Waals surface area contributed by atoms with Crippen LogP contribution in [-0.4, -0.2) is 29.2 Å². The molecule has 3 rings (SSSR count). The first-order chi connectivity index (χ1) is 9.33. The van der Waals surface area contributed by atoms with Crippen molar-refractivity contribution in [1.29, 1.82) is 0 Å². The van der Waals surface area contributed by atoms with Gasteiger partial charge in [-0.3, -0.25) is 0 Å². The third-order valence-electron chi connectivity index (χ3n) is 2.98. The quantitative estimate of drug-likeness (QED) is 0.808. The molecular formula is C13H13ClN2O2S. The average Bonchev–Trinajstić information content (AvgIpc) is 3.08. The highest BCUT2D eigenvalue weighted by Crippen LogP contribution is 2.30. The van der Waals surface area contributed by atoms with E-state index in [2.05, 4.69) is 10.2 Å². The van der Waals surface area contributed by atoms with Crippen LogP contribution in [0.4, 0.5) is 0 Å². The summed E-state index contributed by atoms with van der Waals surface area (Å²) >= 11 is 7.67. The van der Waals surface area contributed by atoms with Gasteiger partial charge in [-0.15, -0.1) is 10.2 Å². The van der Waals surface area contributed by atoms with Gasteiger partial charge < -0.3 is 9.15 Å². The molecule has 0 amide bonds. The Kier molecular flexibility index (Phi) is 4.06. The zero-order valence-corrected chi connectivity index (χ0v) is 11.8. The summed E-state index contributed by atoms with van der Waals surface area (Å²) in [6, 6.07) is 7.45. The number of nitrogens with zero attached hydrogens (tertiary/aromatic N) is 2. The van der Waals surface area contributed by atoms with Crippen molar-refractivity contribution < 1.29 is 9.15 Å². The van der Waals surface area contributed by atoms with Crippen LogP contribution in [0.25, 0.3) is 11.5 Å². The van der Waals surface area contributed by atoms with Crippen molar-refractivity contribution >= 4 is 23.4 Å². The molecule has 1 aliphatic rings. The van der Waals surface area contributed by atoms with Gasteiger partial charge in [0.05, 0.1) is 17.2 Å². The average molecular weight is 297 g/mol. The van der Waals surface area contributed by atoms with Crippen LogP contribution in [-0.2, 0) is 4.74 Å². The molecule has 0 saturated carbocycles. The summed E-state index contributed by atoms with van der Waals surface area (Å²) in [7, 11) is 0. The zero-order valence-electron chi connectivity index (χ0n) is 10.2. The minimum atomic E-state index is 0.468. The van der Waals surface area contributed by atoms with E-state index >= 15 is 0 Å². The van der Waals surface area contributed by atoms with E-state index in [1.54, 1.807) is 11.8 Å². The Balaban J connectivity index is 1.67. The molecule has 100 valence electrons. The summed E-state index contributed by atoms with van der Waals surface area (Å²) in [5, 5.41) is 9.28. The SMILES string of the molecule is Clc1ccccc1-c1nnc(SCC2CCOC2)o1. The second-order valence-corrected chi connectivity index (χ2v) is 5.77. The Morgan fingerprint density at radius 2 is 2.21 bits per heavy atom. The molecular weight excluding hydrogens is 284 g/mol. The first-order valence-corrected chi connectivity index (χ1v) is 7.48. The van der Waals surface area contributed by atoms with Crippen molar-refractivity contribution in [3.63, 3.8) is 0 Å². The summed E-state index contributed by atoms with van der Waals surface area (Å²) in [6.07, 6.45) is 1.11. The fourth-order valence-electron chi connectivity index (χ4n) is 1.92. The Bertz CT molecular complexity index is 555. The van der Waals surface area contributed by atoms with E-state index in [4.69, 9.17) is 20.8 Å². The number of rotatable bonds is 4. The number of benzene rings is 1. The van der Waals surface area contributed by atoms with E-state index in [0.717, 1.165) is 31.0 Å². The predicted octanol–water partition coefficient (Wildman–Crippen LogP) is 3.52. The molecule has 4 nitrogen and oxygen atoms in total. The van der Waals surface area contributed by atoms with Crippen LogP contribution in [0.15, 0.2) is 33.9 Å². The number of thioether (sulfide) groups is 1. The lowest BCUT2D eigenvalue weighted by molar-refractivity contribution is 0.189. The number of aromatic nitrogens is 2.